The molecule has 1 heterocycles. The van der Waals surface area contributed by atoms with Gasteiger partial charge in [0.1, 0.15) is 5.82 Å². The summed E-state index contributed by atoms with van der Waals surface area (Å²) in [6.07, 6.45) is 0. The van der Waals surface area contributed by atoms with Crippen LogP contribution in [0.15, 0.2) is 24.3 Å². The van der Waals surface area contributed by atoms with Crippen LogP contribution in [0.3, 0.4) is 0 Å². The summed E-state index contributed by atoms with van der Waals surface area (Å²) in [6, 6.07) is 5.43. The van der Waals surface area contributed by atoms with Crippen molar-refractivity contribution in [3.05, 3.63) is 47.0 Å². The largest absolute Gasteiger partial charge is 0.397 e. The van der Waals surface area contributed by atoms with Crippen LogP contribution in [0, 0.1) is 19.7 Å². The van der Waals surface area contributed by atoms with Crippen molar-refractivity contribution >= 4 is 17.3 Å². The Bertz CT molecular complexity index is 643. The van der Waals surface area contributed by atoms with E-state index in [0.29, 0.717) is 22.6 Å². The molecule has 0 spiro atoms. The third-order valence-electron chi connectivity index (χ3n) is 2.61. The normalized spacial score (nSPS) is 10.3. The lowest BCUT2D eigenvalue weighted by atomic mass is 10.1. The Balaban J connectivity index is 2.28. The zero-order valence-electron chi connectivity index (χ0n) is 10.6. The number of hydrogen-bond donors (Lipinski definition) is 2. The molecule has 0 radical (unpaired) electrons. The summed E-state index contributed by atoms with van der Waals surface area (Å²) in [4.78, 5) is 12.1. The summed E-state index contributed by atoms with van der Waals surface area (Å²) in [6.45, 7) is 3.44. The minimum absolute atomic E-state index is 0.171. The first kappa shape index (κ1) is 12.9. The molecule has 1 aromatic carbocycles. The molecule has 2 aromatic rings. The highest BCUT2D eigenvalue weighted by atomic mass is 19.1. The second-order valence-electron chi connectivity index (χ2n) is 4.17. The van der Waals surface area contributed by atoms with Gasteiger partial charge >= 0.3 is 0 Å². The van der Waals surface area contributed by atoms with E-state index in [2.05, 4.69) is 15.5 Å². The molecule has 1 amide bonds. The second kappa shape index (κ2) is 5.01. The zero-order chi connectivity index (χ0) is 14.0. The minimum Gasteiger partial charge on any atom is -0.397 e. The summed E-state index contributed by atoms with van der Waals surface area (Å²) in [5.74, 6) is -0.804. The maximum Gasteiger partial charge on any atom is 0.257 e. The summed E-state index contributed by atoms with van der Waals surface area (Å²) >= 11 is 0. The van der Waals surface area contributed by atoms with Crippen LogP contribution in [0.25, 0.3) is 0 Å². The Labute approximate surface area is 109 Å². The van der Waals surface area contributed by atoms with Gasteiger partial charge in [-0.1, -0.05) is 0 Å². The van der Waals surface area contributed by atoms with Gasteiger partial charge < -0.3 is 11.1 Å². The van der Waals surface area contributed by atoms with Gasteiger partial charge in [-0.05, 0) is 38.1 Å². The van der Waals surface area contributed by atoms with E-state index in [0.717, 1.165) is 6.07 Å². The molecule has 3 N–H and O–H groups in total. The lowest BCUT2D eigenvalue weighted by Gasteiger charge is -2.09. The summed E-state index contributed by atoms with van der Waals surface area (Å²) < 4.78 is 12.9. The molecule has 0 atom stereocenters. The van der Waals surface area contributed by atoms with Crippen molar-refractivity contribution in [1.29, 1.82) is 0 Å². The van der Waals surface area contributed by atoms with Gasteiger partial charge in [0.2, 0.25) is 0 Å². The molecule has 0 aliphatic rings. The number of carbonyl (C=O) groups is 1. The zero-order valence-corrected chi connectivity index (χ0v) is 10.6. The number of nitrogens with two attached hydrogens (primary N) is 1. The van der Waals surface area contributed by atoms with Crippen LogP contribution in [-0.2, 0) is 0 Å². The van der Waals surface area contributed by atoms with Gasteiger partial charge in [0.15, 0.2) is 0 Å². The quantitative estimate of drug-likeness (QED) is 0.810. The van der Waals surface area contributed by atoms with E-state index in [1.165, 1.54) is 12.1 Å². The van der Waals surface area contributed by atoms with E-state index in [-0.39, 0.29) is 11.6 Å². The fourth-order valence-electron chi connectivity index (χ4n) is 1.62. The van der Waals surface area contributed by atoms with Crippen LogP contribution in [-0.4, -0.2) is 16.1 Å². The molecule has 6 heteroatoms. The average Bonchev–Trinajstić information content (AvgIpc) is 2.35. The first-order valence-electron chi connectivity index (χ1n) is 5.64. The van der Waals surface area contributed by atoms with Crippen LogP contribution < -0.4 is 11.1 Å². The molecular weight excluding hydrogens is 247 g/mol. The fourth-order valence-corrected chi connectivity index (χ4v) is 1.62. The molecule has 0 aliphatic carbocycles. The highest BCUT2D eigenvalue weighted by Gasteiger charge is 2.12. The number of aromatic nitrogens is 2. The molecule has 5 nitrogen and oxygen atoms in total. The molecule has 98 valence electrons. The second-order valence-corrected chi connectivity index (χ2v) is 4.17. The van der Waals surface area contributed by atoms with Crippen molar-refractivity contribution in [2.75, 3.05) is 11.1 Å². The topological polar surface area (TPSA) is 80.9 Å². The van der Waals surface area contributed by atoms with Crippen LogP contribution in [0.5, 0.6) is 0 Å². The molecule has 0 saturated carbocycles. The number of amides is 1. The molecule has 0 saturated heterocycles. The van der Waals surface area contributed by atoms with Crippen LogP contribution in [0.4, 0.5) is 15.8 Å². The molecule has 19 heavy (non-hydrogen) atoms. The van der Waals surface area contributed by atoms with Crippen LogP contribution >= 0.6 is 0 Å². The van der Waals surface area contributed by atoms with Gasteiger partial charge in [-0.3, -0.25) is 4.79 Å². The lowest BCUT2D eigenvalue weighted by molar-refractivity contribution is 0.102. The number of aryl methyl sites for hydroxylation is 2. The SMILES string of the molecule is Cc1cc(C(=O)Nc2ccc(F)cc2N)c(C)nn1. The number of anilines is 2. The van der Waals surface area contributed by atoms with E-state index in [9.17, 15) is 9.18 Å². The molecule has 2 rings (SSSR count). The van der Waals surface area contributed by atoms with Crippen molar-refractivity contribution in [3.8, 4) is 0 Å². The minimum atomic E-state index is -0.451. The Kier molecular flexibility index (Phi) is 3.41. The lowest BCUT2D eigenvalue weighted by Crippen LogP contribution is -2.16. The van der Waals surface area contributed by atoms with E-state index in [4.69, 9.17) is 5.73 Å². The molecule has 0 fully saturated rings. The van der Waals surface area contributed by atoms with E-state index in [1.807, 2.05) is 0 Å². The third-order valence-corrected chi connectivity index (χ3v) is 2.61. The molecular formula is C13H13FN4O. The predicted octanol–water partition coefficient (Wildman–Crippen LogP) is 2.07. The van der Waals surface area contributed by atoms with Gasteiger partial charge in [-0.25, -0.2) is 4.39 Å². The Morgan fingerprint density at radius 3 is 2.68 bits per heavy atom. The Hall–Kier alpha value is -2.50. The van der Waals surface area contributed by atoms with Gasteiger partial charge in [0.25, 0.3) is 5.91 Å². The van der Waals surface area contributed by atoms with Crippen molar-refractivity contribution in [2.24, 2.45) is 0 Å². The Morgan fingerprint density at radius 1 is 1.26 bits per heavy atom. The molecule has 0 unspecified atom stereocenters. The smallest absolute Gasteiger partial charge is 0.257 e. The highest BCUT2D eigenvalue weighted by Crippen LogP contribution is 2.20. The number of nitrogens with zero attached hydrogens (tertiary/aromatic N) is 2. The fraction of sp³-hybridized carbons (Fsp3) is 0.154. The number of benzene rings is 1. The molecule has 0 bridgehead atoms. The Morgan fingerprint density at radius 2 is 2.00 bits per heavy atom. The first-order valence-corrected chi connectivity index (χ1v) is 5.64. The first-order chi connectivity index (χ1) is 8.97. The van der Waals surface area contributed by atoms with Crippen LogP contribution in [0.1, 0.15) is 21.7 Å². The van der Waals surface area contributed by atoms with Crippen LogP contribution in [0.2, 0.25) is 0 Å². The summed E-state index contributed by atoms with van der Waals surface area (Å²) in [5, 5.41) is 10.4. The van der Waals surface area contributed by atoms with Gasteiger partial charge in [0.05, 0.1) is 28.3 Å². The number of halogens is 1. The maximum atomic E-state index is 12.9. The van der Waals surface area contributed by atoms with Gasteiger partial charge in [0, 0.05) is 0 Å². The summed E-state index contributed by atoms with van der Waals surface area (Å²) in [7, 11) is 0. The number of nitrogen functional groups attached to an aromatic ring is 1. The van der Waals surface area contributed by atoms with Gasteiger partial charge in [-0.2, -0.15) is 10.2 Å². The number of nitrogens with one attached hydrogen (secondary N) is 1. The number of rotatable bonds is 2. The van der Waals surface area contributed by atoms with Crippen molar-refractivity contribution < 1.29 is 9.18 Å². The van der Waals surface area contributed by atoms with Gasteiger partial charge in [-0.15, -0.1) is 0 Å². The van der Waals surface area contributed by atoms with Crippen molar-refractivity contribution in [2.45, 2.75) is 13.8 Å². The predicted molar refractivity (Wildman–Crippen MR) is 70.3 cm³/mol. The highest BCUT2D eigenvalue weighted by molar-refractivity contribution is 6.06. The standard InChI is InChI=1S/C13H13FN4O/c1-7-5-10(8(2)18-17-7)13(19)16-12-4-3-9(14)6-11(12)15/h3-6H,15H2,1-2H3,(H,16,19). The van der Waals surface area contributed by atoms with Crippen molar-refractivity contribution in [3.63, 3.8) is 0 Å². The monoisotopic (exact) mass is 260 g/mol. The number of hydrogen-bond acceptors (Lipinski definition) is 4. The maximum absolute atomic E-state index is 12.9. The molecule has 0 aliphatic heterocycles. The molecule has 1 aromatic heterocycles. The van der Waals surface area contributed by atoms with E-state index < -0.39 is 5.82 Å². The van der Waals surface area contributed by atoms with Crippen molar-refractivity contribution in [1.82, 2.24) is 10.2 Å². The number of carbonyl (C=O) groups excluding carboxylic acids is 1. The van der Waals surface area contributed by atoms with E-state index >= 15 is 0 Å². The summed E-state index contributed by atoms with van der Waals surface area (Å²) in [5.41, 5.74) is 7.74. The third kappa shape index (κ3) is 2.85. The average molecular weight is 260 g/mol. The van der Waals surface area contributed by atoms with E-state index in [1.54, 1.807) is 19.9 Å².